The first-order valence-corrected chi connectivity index (χ1v) is 7.71. The normalized spacial score (nSPS) is 17.1. The third-order valence-electron chi connectivity index (χ3n) is 3.90. The third kappa shape index (κ3) is 3.68. The van der Waals surface area contributed by atoms with Crippen molar-refractivity contribution in [2.24, 2.45) is 0 Å². The number of ether oxygens (including phenoxy) is 1. The van der Waals surface area contributed by atoms with E-state index in [-0.39, 0.29) is 23.9 Å². The summed E-state index contributed by atoms with van der Waals surface area (Å²) in [4.78, 5) is 36.5. The van der Waals surface area contributed by atoms with Crippen LogP contribution in [0.5, 0.6) is 0 Å². The first kappa shape index (κ1) is 18.2. The van der Waals surface area contributed by atoms with Crippen molar-refractivity contribution in [2.45, 2.75) is 19.9 Å². The lowest BCUT2D eigenvalue weighted by Crippen LogP contribution is -2.47. The molecule has 0 bridgehead atoms. The molecule has 8 heteroatoms. The van der Waals surface area contributed by atoms with Gasteiger partial charge in [-0.2, -0.15) is 0 Å². The quantitative estimate of drug-likeness (QED) is 0.370. The first-order valence-electron chi connectivity index (χ1n) is 7.71. The molecule has 0 saturated carbocycles. The molecule has 1 heterocycles. The van der Waals surface area contributed by atoms with Crippen LogP contribution >= 0.6 is 0 Å². The van der Waals surface area contributed by atoms with E-state index >= 15 is 0 Å². The van der Waals surface area contributed by atoms with E-state index in [1.165, 1.54) is 35.2 Å². The molecule has 0 spiro atoms. The second kappa shape index (κ2) is 7.61. The number of esters is 1. The largest absolute Gasteiger partial charge is 0.458 e. The molecule has 1 aromatic rings. The maximum Gasteiger partial charge on any atom is 0.338 e. The van der Waals surface area contributed by atoms with Crippen LogP contribution in [0.2, 0.25) is 0 Å². The van der Waals surface area contributed by atoms with Gasteiger partial charge in [-0.05, 0) is 31.5 Å². The lowest BCUT2D eigenvalue weighted by Gasteiger charge is -2.34. The lowest BCUT2D eigenvalue weighted by molar-refractivity contribution is -0.384. The van der Waals surface area contributed by atoms with Crippen LogP contribution in [0.4, 0.5) is 10.5 Å². The standard InChI is InChI=1S/C17H19N3O5/c1-4-10-25-16(21)14-11(3)19(5-2)17(22)18-15(14)12-6-8-13(9-7-12)20(23)24/h4,6-9,15H,1,5,10H2,2-3H3,(H,18,22)/t15-/m0/s1. The molecule has 0 aromatic heterocycles. The average molecular weight is 345 g/mol. The van der Waals surface area contributed by atoms with Gasteiger partial charge in [0.15, 0.2) is 0 Å². The van der Waals surface area contributed by atoms with Gasteiger partial charge in [0.05, 0.1) is 16.5 Å². The van der Waals surface area contributed by atoms with Crippen LogP contribution in [0.15, 0.2) is 48.2 Å². The monoisotopic (exact) mass is 345 g/mol. The molecule has 1 atom stereocenters. The number of nitro benzene ring substituents is 1. The zero-order valence-electron chi connectivity index (χ0n) is 14.0. The number of allylic oxidation sites excluding steroid dienone is 1. The van der Waals surface area contributed by atoms with Crippen molar-refractivity contribution in [3.63, 3.8) is 0 Å². The fraction of sp³-hybridized carbons (Fsp3) is 0.294. The van der Waals surface area contributed by atoms with Crippen molar-refractivity contribution < 1.29 is 19.2 Å². The Morgan fingerprint density at radius 2 is 2.08 bits per heavy atom. The molecule has 1 aromatic carbocycles. The Labute approximate surface area is 144 Å². The summed E-state index contributed by atoms with van der Waals surface area (Å²) in [6.45, 7) is 7.41. The number of nitro groups is 1. The Kier molecular flexibility index (Phi) is 5.53. The molecule has 0 aliphatic carbocycles. The zero-order chi connectivity index (χ0) is 18.6. The fourth-order valence-corrected chi connectivity index (χ4v) is 2.68. The van der Waals surface area contributed by atoms with Gasteiger partial charge in [-0.1, -0.05) is 12.7 Å². The lowest BCUT2D eigenvalue weighted by atomic mass is 9.94. The van der Waals surface area contributed by atoms with Crippen molar-refractivity contribution in [1.82, 2.24) is 10.2 Å². The number of amides is 2. The highest BCUT2D eigenvalue weighted by Crippen LogP contribution is 2.32. The van der Waals surface area contributed by atoms with Crippen LogP contribution in [0.25, 0.3) is 0 Å². The summed E-state index contributed by atoms with van der Waals surface area (Å²) >= 11 is 0. The van der Waals surface area contributed by atoms with E-state index in [1.54, 1.807) is 13.8 Å². The Balaban J connectivity index is 2.47. The minimum absolute atomic E-state index is 0.0443. The summed E-state index contributed by atoms with van der Waals surface area (Å²) in [5.41, 5.74) is 1.26. The zero-order valence-corrected chi connectivity index (χ0v) is 14.0. The number of nitrogens with one attached hydrogen (secondary N) is 1. The van der Waals surface area contributed by atoms with Crippen molar-refractivity contribution >= 4 is 17.7 Å². The van der Waals surface area contributed by atoms with E-state index < -0.39 is 16.9 Å². The molecule has 0 unspecified atom stereocenters. The predicted molar refractivity (Wildman–Crippen MR) is 90.6 cm³/mol. The summed E-state index contributed by atoms with van der Waals surface area (Å²) in [5.74, 6) is -0.570. The number of hydrogen-bond acceptors (Lipinski definition) is 5. The van der Waals surface area contributed by atoms with Gasteiger partial charge in [-0.25, -0.2) is 9.59 Å². The third-order valence-corrected chi connectivity index (χ3v) is 3.90. The second-order valence-electron chi connectivity index (χ2n) is 5.36. The number of benzene rings is 1. The van der Waals surface area contributed by atoms with E-state index in [0.29, 0.717) is 17.8 Å². The van der Waals surface area contributed by atoms with Gasteiger partial charge < -0.3 is 10.1 Å². The molecular formula is C17H19N3O5. The van der Waals surface area contributed by atoms with Gasteiger partial charge in [-0.15, -0.1) is 0 Å². The number of carbonyl (C=O) groups excluding carboxylic acids is 2. The molecule has 8 nitrogen and oxygen atoms in total. The molecule has 25 heavy (non-hydrogen) atoms. The maximum absolute atomic E-state index is 12.5. The van der Waals surface area contributed by atoms with Gasteiger partial charge in [0, 0.05) is 24.4 Å². The Morgan fingerprint density at radius 3 is 2.60 bits per heavy atom. The molecule has 2 amide bonds. The average Bonchev–Trinajstić information content (AvgIpc) is 2.59. The molecular weight excluding hydrogens is 326 g/mol. The van der Waals surface area contributed by atoms with Crippen molar-refractivity contribution in [1.29, 1.82) is 0 Å². The second-order valence-corrected chi connectivity index (χ2v) is 5.36. The van der Waals surface area contributed by atoms with Crippen LogP contribution in [0, 0.1) is 10.1 Å². The SMILES string of the molecule is C=CCOC(=O)C1=C(C)N(CC)C(=O)N[C@H]1c1ccc([N+](=O)[O-])cc1. The molecule has 1 aliphatic heterocycles. The van der Waals surface area contributed by atoms with E-state index in [2.05, 4.69) is 11.9 Å². The van der Waals surface area contributed by atoms with Crippen LogP contribution in [-0.4, -0.2) is 35.0 Å². The summed E-state index contributed by atoms with van der Waals surface area (Å²) in [6.07, 6.45) is 1.45. The van der Waals surface area contributed by atoms with Crippen LogP contribution in [0.3, 0.4) is 0 Å². The van der Waals surface area contributed by atoms with Gasteiger partial charge in [0.25, 0.3) is 5.69 Å². The fourth-order valence-electron chi connectivity index (χ4n) is 2.68. The van der Waals surface area contributed by atoms with Crippen molar-refractivity contribution in [3.05, 3.63) is 63.9 Å². The van der Waals surface area contributed by atoms with E-state index in [1.807, 2.05) is 0 Å². The van der Waals surface area contributed by atoms with Gasteiger partial charge >= 0.3 is 12.0 Å². The van der Waals surface area contributed by atoms with E-state index in [4.69, 9.17) is 4.74 Å². The first-order chi connectivity index (χ1) is 11.9. The van der Waals surface area contributed by atoms with E-state index in [0.717, 1.165) is 0 Å². The molecule has 0 radical (unpaired) electrons. The highest BCUT2D eigenvalue weighted by Gasteiger charge is 2.35. The molecule has 2 rings (SSSR count). The van der Waals surface area contributed by atoms with Crippen LogP contribution in [0.1, 0.15) is 25.5 Å². The van der Waals surface area contributed by atoms with Crippen molar-refractivity contribution in [2.75, 3.05) is 13.2 Å². The van der Waals surface area contributed by atoms with Crippen LogP contribution < -0.4 is 5.32 Å². The summed E-state index contributed by atoms with van der Waals surface area (Å²) in [7, 11) is 0. The number of hydrogen-bond donors (Lipinski definition) is 1. The van der Waals surface area contributed by atoms with Crippen molar-refractivity contribution in [3.8, 4) is 0 Å². The highest BCUT2D eigenvalue weighted by molar-refractivity contribution is 5.95. The minimum atomic E-state index is -0.742. The van der Waals surface area contributed by atoms with Crippen LogP contribution in [-0.2, 0) is 9.53 Å². The Morgan fingerprint density at radius 1 is 1.44 bits per heavy atom. The maximum atomic E-state index is 12.5. The number of rotatable bonds is 6. The number of non-ortho nitro benzene ring substituents is 1. The van der Waals surface area contributed by atoms with Gasteiger partial charge in [0.2, 0.25) is 0 Å². The Hall–Kier alpha value is -3.16. The smallest absolute Gasteiger partial charge is 0.338 e. The highest BCUT2D eigenvalue weighted by atomic mass is 16.6. The summed E-state index contributed by atoms with van der Waals surface area (Å²) in [5, 5.41) is 13.6. The molecule has 1 aliphatic rings. The predicted octanol–water partition coefficient (Wildman–Crippen LogP) is 2.68. The van der Waals surface area contributed by atoms with Gasteiger partial charge in [0.1, 0.15) is 6.61 Å². The topological polar surface area (TPSA) is 102 Å². The Bertz CT molecular complexity index is 739. The number of carbonyl (C=O) groups is 2. The molecule has 0 fully saturated rings. The summed E-state index contributed by atoms with van der Waals surface area (Å²) < 4.78 is 5.14. The molecule has 0 saturated heterocycles. The molecule has 1 N–H and O–H groups in total. The molecule has 132 valence electrons. The van der Waals surface area contributed by atoms with Gasteiger partial charge in [-0.3, -0.25) is 15.0 Å². The number of nitrogens with zero attached hydrogens (tertiary/aromatic N) is 2. The minimum Gasteiger partial charge on any atom is -0.458 e. The summed E-state index contributed by atoms with van der Waals surface area (Å²) in [6, 6.07) is 4.60. The van der Waals surface area contributed by atoms with E-state index in [9.17, 15) is 19.7 Å². The number of urea groups is 1.